The van der Waals surface area contributed by atoms with Crippen LogP contribution in [-0.4, -0.2) is 66.2 Å². The summed E-state index contributed by atoms with van der Waals surface area (Å²) in [4.78, 5) is 35.3. The van der Waals surface area contributed by atoms with Crippen molar-refractivity contribution >= 4 is 23.9 Å². The summed E-state index contributed by atoms with van der Waals surface area (Å²) < 4.78 is 27.1. The summed E-state index contributed by atoms with van der Waals surface area (Å²) in [5, 5.41) is 9.98. The number of carbonyl (C=O) groups is 2. The number of rotatable bonds is 4. The molecule has 0 spiro atoms. The van der Waals surface area contributed by atoms with Gasteiger partial charge < -0.3 is 5.32 Å². The van der Waals surface area contributed by atoms with E-state index in [2.05, 4.69) is 10.4 Å². The van der Waals surface area contributed by atoms with E-state index in [1.54, 1.807) is 5.01 Å². The number of alkyl halides is 2. The van der Waals surface area contributed by atoms with Gasteiger partial charge in [-0.15, -0.1) is 0 Å². The van der Waals surface area contributed by atoms with Gasteiger partial charge in [0, 0.05) is 32.1 Å². The van der Waals surface area contributed by atoms with Crippen molar-refractivity contribution in [3.05, 3.63) is 0 Å². The Kier molecular flexibility index (Phi) is 4.64. The van der Waals surface area contributed by atoms with Crippen LogP contribution in [0.1, 0.15) is 44.9 Å². The van der Waals surface area contributed by atoms with E-state index in [1.807, 2.05) is 0 Å². The van der Waals surface area contributed by atoms with Crippen molar-refractivity contribution in [2.75, 3.05) is 14.2 Å². The standard InChI is InChI=1S/C18H25F2N5O3/c1-24(28-2)16(27)17(6-3-7-17)15-22-13-12(14(26)23-15)10-21-25(13)11-4-8-18(19,20)9-5-11/h10-13H,3-9H2,1-2H3,(H,22,23,26). The van der Waals surface area contributed by atoms with E-state index in [4.69, 9.17) is 9.83 Å². The molecule has 28 heavy (non-hydrogen) atoms. The van der Waals surface area contributed by atoms with Crippen LogP contribution in [0.15, 0.2) is 10.1 Å². The number of halogens is 2. The summed E-state index contributed by atoms with van der Waals surface area (Å²) in [5.41, 5.74) is -0.904. The van der Waals surface area contributed by atoms with Gasteiger partial charge in [0.2, 0.25) is 11.8 Å². The molecule has 2 heterocycles. The van der Waals surface area contributed by atoms with Gasteiger partial charge in [-0.05, 0) is 25.7 Å². The molecular formula is C18H25F2N5O3. The summed E-state index contributed by atoms with van der Waals surface area (Å²) in [5.74, 6) is -3.37. The Balaban J connectivity index is 1.59. The third kappa shape index (κ3) is 2.98. The smallest absolute Gasteiger partial charge is 0.259 e. The van der Waals surface area contributed by atoms with Gasteiger partial charge >= 0.3 is 0 Å². The summed E-state index contributed by atoms with van der Waals surface area (Å²) >= 11 is 0. The molecule has 0 bridgehead atoms. The number of carbonyl (C=O) groups excluding carboxylic acids is 2. The van der Waals surface area contributed by atoms with Crippen LogP contribution in [0.2, 0.25) is 0 Å². The quantitative estimate of drug-likeness (QED) is 0.729. The van der Waals surface area contributed by atoms with Crippen molar-refractivity contribution in [2.45, 2.75) is 63.1 Å². The van der Waals surface area contributed by atoms with Crippen LogP contribution in [0, 0.1) is 11.3 Å². The maximum atomic E-state index is 13.5. The van der Waals surface area contributed by atoms with Gasteiger partial charge in [0.05, 0.1) is 7.11 Å². The monoisotopic (exact) mass is 397 g/mol. The number of hydroxylamine groups is 2. The van der Waals surface area contributed by atoms with E-state index >= 15 is 0 Å². The van der Waals surface area contributed by atoms with Crippen LogP contribution in [0.3, 0.4) is 0 Å². The van der Waals surface area contributed by atoms with E-state index in [0.29, 0.717) is 31.5 Å². The van der Waals surface area contributed by atoms with Gasteiger partial charge in [-0.3, -0.25) is 19.4 Å². The van der Waals surface area contributed by atoms with Crippen molar-refractivity contribution in [3.8, 4) is 0 Å². The zero-order valence-electron chi connectivity index (χ0n) is 16.0. The molecular weight excluding hydrogens is 372 g/mol. The van der Waals surface area contributed by atoms with Gasteiger partial charge in [-0.25, -0.2) is 18.8 Å². The minimum absolute atomic E-state index is 0.184. The molecule has 0 saturated heterocycles. The molecule has 0 aromatic heterocycles. The second kappa shape index (κ2) is 6.75. The van der Waals surface area contributed by atoms with Crippen LogP contribution >= 0.6 is 0 Å². The molecule has 1 N–H and O–H groups in total. The number of fused-ring (bicyclic) bond motifs is 1. The third-order valence-electron chi connectivity index (χ3n) is 6.45. The van der Waals surface area contributed by atoms with Crippen LogP contribution < -0.4 is 5.32 Å². The Morgan fingerprint density at radius 3 is 2.57 bits per heavy atom. The molecule has 4 aliphatic rings. The first kappa shape index (κ1) is 19.2. The highest BCUT2D eigenvalue weighted by Gasteiger charge is 2.54. The van der Waals surface area contributed by atoms with Crippen LogP contribution in [0.4, 0.5) is 8.78 Å². The highest BCUT2D eigenvalue weighted by atomic mass is 19.3. The predicted octanol–water partition coefficient (Wildman–Crippen LogP) is 1.53. The molecule has 0 radical (unpaired) electrons. The molecule has 2 aliphatic carbocycles. The fourth-order valence-corrected chi connectivity index (χ4v) is 4.48. The van der Waals surface area contributed by atoms with Crippen molar-refractivity contribution < 1.29 is 23.2 Å². The lowest BCUT2D eigenvalue weighted by molar-refractivity contribution is -0.180. The Morgan fingerprint density at radius 2 is 2.00 bits per heavy atom. The number of hydrogen-bond acceptors (Lipinski definition) is 6. The van der Waals surface area contributed by atoms with Gasteiger partial charge in [0.25, 0.3) is 5.91 Å². The molecule has 2 saturated carbocycles. The molecule has 154 valence electrons. The lowest BCUT2D eigenvalue weighted by atomic mass is 9.66. The van der Waals surface area contributed by atoms with Gasteiger partial charge in [0.1, 0.15) is 17.2 Å². The molecule has 2 unspecified atom stereocenters. The van der Waals surface area contributed by atoms with Crippen LogP contribution in [0.5, 0.6) is 0 Å². The first-order chi connectivity index (χ1) is 13.3. The SMILES string of the molecule is CON(C)C(=O)C1(C2=NC3C(C=NN3C3CCC(F)(F)CC3)C(=O)N2)CCC1. The predicted molar refractivity (Wildman–Crippen MR) is 96.5 cm³/mol. The topological polar surface area (TPSA) is 86.6 Å². The lowest BCUT2D eigenvalue weighted by Crippen LogP contribution is -2.61. The zero-order chi connectivity index (χ0) is 20.1. The van der Waals surface area contributed by atoms with Crippen molar-refractivity contribution in [1.29, 1.82) is 0 Å². The molecule has 10 heteroatoms. The summed E-state index contributed by atoms with van der Waals surface area (Å²) in [6.45, 7) is 0. The minimum atomic E-state index is -2.63. The molecule has 2 aliphatic heterocycles. The van der Waals surface area contributed by atoms with E-state index in [-0.39, 0.29) is 30.7 Å². The molecule has 4 rings (SSSR count). The molecule has 0 aromatic rings. The normalized spacial score (nSPS) is 30.9. The van der Waals surface area contributed by atoms with Crippen molar-refractivity contribution in [2.24, 2.45) is 21.4 Å². The first-order valence-corrected chi connectivity index (χ1v) is 9.69. The van der Waals surface area contributed by atoms with Gasteiger partial charge in [0.15, 0.2) is 6.17 Å². The Bertz CT molecular complexity index is 727. The average Bonchev–Trinajstić information content (AvgIpc) is 3.04. The molecule has 8 nitrogen and oxygen atoms in total. The maximum absolute atomic E-state index is 13.5. The van der Waals surface area contributed by atoms with Gasteiger partial charge in [-0.2, -0.15) is 5.10 Å². The number of nitrogens with one attached hydrogen (secondary N) is 1. The minimum Gasteiger partial charge on any atom is -0.313 e. The molecule has 0 aromatic carbocycles. The van der Waals surface area contributed by atoms with Crippen LogP contribution in [0.25, 0.3) is 0 Å². The summed E-state index contributed by atoms with van der Waals surface area (Å²) in [6.07, 6.45) is 3.17. The second-order valence-corrected chi connectivity index (χ2v) is 8.06. The van der Waals surface area contributed by atoms with E-state index in [0.717, 1.165) is 11.5 Å². The average molecular weight is 397 g/mol. The largest absolute Gasteiger partial charge is 0.313 e. The maximum Gasteiger partial charge on any atom is 0.259 e. The molecule has 2 amide bonds. The van der Waals surface area contributed by atoms with Gasteiger partial charge in [-0.1, -0.05) is 6.42 Å². The van der Waals surface area contributed by atoms with E-state index < -0.39 is 23.4 Å². The third-order valence-corrected chi connectivity index (χ3v) is 6.45. The number of hydrazone groups is 1. The number of amidine groups is 1. The summed E-state index contributed by atoms with van der Waals surface area (Å²) in [6, 6.07) is -0.184. The van der Waals surface area contributed by atoms with Crippen molar-refractivity contribution in [3.63, 3.8) is 0 Å². The molecule has 2 atom stereocenters. The first-order valence-electron chi connectivity index (χ1n) is 9.69. The lowest BCUT2D eigenvalue weighted by Gasteiger charge is -2.45. The highest BCUT2D eigenvalue weighted by Crippen LogP contribution is 2.45. The number of hydrogen-bond donors (Lipinski definition) is 1. The summed E-state index contributed by atoms with van der Waals surface area (Å²) in [7, 11) is 2.94. The number of nitrogens with zero attached hydrogens (tertiary/aromatic N) is 4. The molecule has 2 fully saturated rings. The second-order valence-electron chi connectivity index (χ2n) is 8.06. The van der Waals surface area contributed by atoms with E-state index in [1.165, 1.54) is 20.4 Å². The Morgan fingerprint density at radius 1 is 1.32 bits per heavy atom. The Labute approximate surface area is 161 Å². The fraction of sp³-hybridized carbons (Fsp3) is 0.778. The zero-order valence-corrected chi connectivity index (χ0v) is 16.0. The number of aliphatic imine (C=N–C) groups is 1. The fourth-order valence-electron chi connectivity index (χ4n) is 4.48. The van der Waals surface area contributed by atoms with Crippen LogP contribution in [-0.2, 0) is 14.4 Å². The number of amides is 2. The Hall–Kier alpha value is -2.10. The highest BCUT2D eigenvalue weighted by molar-refractivity contribution is 6.16. The van der Waals surface area contributed by atoms with E-state index in [9.17, 15) is 18.4 Å². The van der Waals surface area contributed by atoms with Crippen molar-refractivity contribution in [1.82, 2.24) is 15.4 Å².